The van der Waals surface area contributed by atoms with Gasteiger partial charge in [-0.2, -0.15) is 0 Å². The summed E-state index contributed by atoms with van der Waals surface area (Å²) in [7, 11) is 0. The minimum absolute atomic E-state index is 0.205. The third-order valence-electron chi connectivity index (χ3n) is 2.91. The van der Waals surface area contributed by atoms with Crippen LogP contribution in [-0.2, 0) is 11.3 Å². The van der Waals surface area contributed by atoms with Crippen LogP contribution in [0.4, 0.5) is 8.78 Å². The van der Waals surface area contributed by atoms with Crippen molar-refractivity contribution in [1.82, 2.24) is 9.55 Å². The molecule has 3 nitrogen and oxygen atoms in total. The molecule has 0 unspecified atom stereocenters. The summed E-state index contributed by atoms with van der Waals surface area (Å²) in [5.41, 5.74) is 0.980. The summed E-state index contributed by atoms with van der Waals surface area (Å²) < 4.78 is 27.9. The second-order valence-corrected chi connectivity index (χ2v) is 4.19. The summed E-state index contributed by atoms with van der Waals surface area (Å²) in [4.78, 5) is 15.2. The van der Waals surface area contributed by atoms with Gasteiger partial charge in [0.15, 0.2) is 11.6 Å². The highest BCUT2D eigenvalue weighted by molar-refractivity contribution is 5.78. The van der Waals surface area contributed by atoms with Crippen molar-refractivity contribution in [1.29, 1.82) is 0 Å². The summed E-state index contributed by atoms with van der Waals surface area (Å²) in [5.74, 6) is -1.57. The van der Waals surface area contributed by atoms with Crippen molar-refractivity contribution in [3.63, 3.8) is 0 Å². The molecule has 0 N–H and O–H groups in total. The Morgan fingerprint density at radius 1 is 1.33 bits per heavy atom. The van der Waals surface area contributed by atoms with Crippen molar-refractivity contribution < 1.29 is 13.6 Å². The number of aryl methyl sites for hydroxylation is 1. The van der Waals surface area contributed by atoms with Crippen molar-refractivity contribution in [2.24, 2.45) is 0 Å². The first-order valence-corrected chi connectivity index (χ1v) is 5.93. The van der Waals surface area contributed by atoms with E-state index >= 15 is 0 Å². The maximum Gasteiger partial charge on any atom is 0.161 e. The summed E-state index contributed by atoms with van der Waals surface area (Å²) in [5, 5.41) is 0. The molecule has 0 fully saturated rings. The van der Waals surface area contributed by atoms with Crippen LogP contribution in [0.1, 0.15) is 26.2 Å². The molecule has 0 radical (unpaired) electrons. The average Bonchev–Trinajstić information content (AvgIpc) is 2.72. The molecule has 18 heavy (non-hydrogen) atoms. The van der Waals surface area contributed by atoms with Gasteiger partial charge in [-0.25, -0.2) is 13.8 Å². The Kier molecular flexibility index (Phi) is 3.69. The summed E-state index contributed by atoms with van der Waals surface area (Å²) in [6, 6.07) is 2.22. The van der Waals surface area contributed by atoms with Gasteiger partial charge in [0.1, 0.15) is 5.78 Å². The van der Waals surface area contributed by atoms with E-state index in [1.807, 2.05) is 6.92 Å². The fraction of sp³-hybridized carbons (Fsp3) is 0.385. The molecular formula is C13H14F2N2O. The molecule has 0 spiro atoms. The van der Waals surface area contributed by atoms with Crippen molar-refractivity contribution in [3.05, 3.63) is 30.1 Å². The Morgan fingerprint density at radius 2 is 2.06 bits per heavy atom. The molecule has 1 aromatic heterocycles. The zero-order chi connectivity index (χ0) is 13.1. The molecule has 0 bridgehead atoms. The zero-order valence-electron chi connectivity index (χ0n) is 10.1. The first kappa shape index (κ1) is 12.7. The first-order chi connectivity index (χ1) is 8.61. The van der Waals surface area contributed by atoms with E-state index in [4.69, 9.17) is 0 Å². The van der Waals surface area contributed by atoms with Crippen LogP contribution in [0.15, 0.2) is 18.5 Å². The highest BCUT2D eigenvalue weighted by Crippen LogP contribution is 2.18. The van der Waals surface area contributed by atoms with Gasteiger partial charge in [0.05, 0.1) is 17.4 Å². The second kappa shape index (κ2) is 5.25. The molecule has 0 amide bonds. The maximum absolute atomic E-state index is 13.1. The molecule has 0 aliphatic heterocycles. The number of hydrogen-bond acceptors (Lipinski definition) is 2. The van der Waals surface area contributed by atoms with Gasteiger partial charge >= 0.3 is 0 Å². The lowest BCUT2D eigenvalue weighted by Crippen LogP contribution is -2.01. The Hall–Kier alpha value is -1.78. The number of hydrogen-bond donors (Lipinski definition) is 0. The number of rotatable bonds is 5. The fourth-order valence-corrected chi connectivity index (χ4v) is 1.85. The second-order valence-electron chi connectivity index (χ2n) is 4.19. The van der Waals surface area contributed by atoms with Gasteiger partial charge < -0.3 is 4.57 Å². The van der Waals surface area contributed by atoms with Gasteiger partial charge in [-0.15, -0.1) is 0 Å². The third-order valence-corrected chi connectivity index (χ3v) is 2.91. The monoisotopic (exact) mass is 252 g/mol. The number of imidazole rings is 1. The summed E-state index contributed by atoms with van der Waals surface area (Å²) >= 11 is 0. The number of ketones is 1. The van der Waals surface area contributed by atoms with Gasteiger partial charge in [0.25, 0.3) is 0 Å². The molecule has 0 saturated carbocycles. The number of aromatic nitrogens is 2. The van der Waals surface area contributed by atoms with Crippen LogP contribution in [0.5, 0.6) is 0 Å². The number of Topliss-reactive ketones (excluding diaryl/α,β-unsaturated/α-hetero) is 1. The number of nitrogens with zero attached hydrogens (tertiary/aromatic N) is 2. The molecule has 2 aromatic rings. The maximum atomic E-state index is 13.1. The van der Waals surface area contributed by atoms with Crippen molar-refractivity contribution >= 4 is 16.8 Å². The smallest absolute Gasteiger partial charge is 0.161 e. The normalized spacial score (nSPS) is 11.1. The van der Waals surface area contributed by atoms with Gasteiger partial charge in [-0.1, -0.05) is 6.92 Å². The van der Waals surface area contributed by atoms with Gasteiger partial charge in [-0.3, -0.25) is 4.79 Å². The van der Waals surface area contributed by atoms with E-state index < -0.39 is 11.6 Å². The molecule has 5 heteroatoms. The van der Waals surface area contributed by atoms with Crippen LogP contribution in [-0.4, -0.2) is 15.3 Å². The lowest BCUT2D eigenvalue weighted by molar-refractivity contribution is -0.118. The average molecular weight is 252 g/mol. The highest BCUT2D eigenvalue weighted by Gasteiger charge is 2.09. The van der Waals surface area contributed by atoms with Crippen LogP contribution in [0.3, 0.4) is 0 Å². The van der Waals surface area contributed by atoms with Crippen LogP contribution in [0.2, 0.25) is 0 Å². The Morgan fingerprint density at radius 3 is 2.78 bits per heavy atom. The lowest BCUT2D eigenvalue weighted by atomic mass is 10.2. The Labute approximate surface area is 103 Å². The van der Waals surface area contributed by atoms with Gasteiger partial charge in [0, 0.05) is 31.5 Å². The lowest BCUT2D eigenvalue weighted by Gasteiger charge is -2.03. The SMILES string of the molecule is CCC(=O)CCCn1cnc2cc(F)c(F)cc21. The van der Waals surface area contributed by atoms with Crippen LogP contribution < -0.4 is 0 Å². The van der Waals surface area contributed by atoms with E-state index in [9.17, 15) is 13.6 Å². The number of benzene rings is 1. The number of halogens is 2. The van der Waals surface area contributed by atoms with Crippen LogP contribution in [0.25, 0.3) is 11.0 Å². The molecule has 1 heterocycles. The number of fused-ring (bicyclic) bond motifs is 1. The summed E-state index contributed by atoms with van der Waals surface area (Å²) in [6.07, 6.45) is 3.25. The zero-order valence-corrected chi connectivity index (χ0v) is 10.1. The topological polar surface area (TPSA) is 34.9 Å². The van der Waals surface area contributed by atoms with E-state index in [1.54, 1.807) is 10.9 Å². The minimum Gasteiger partial charge on any atom is -0.330 e. The van der Waals surface area contributed by atoms with E-state index in [0.29, 0.717) is 36.8 Å². The standard InChI is InChI=1S/C13H14F2N2O/c1-2-9(18)4-3-5-17-8-16-12-6-10(14)11(15)7-13(12)17/h6-8H,2-5H2,1H3. The molecule has 1 aromatic carbocycles. The van der Waals surface area contributed by atoms with Gasteiger partial charge in [-0.05, 0) is 6.42 Å². The largest absolute Gasteiger partial charge is 0.330 e. The molecular weight excluding hydrogens is 238 g/mol. The number of carbonyl (C=O) groups excluding carboxylic acids is 1. The molecule has 0 saturated heterocycles. The Bertz CT molecular complexity index is 578. The predicted molar refractivity (Wildman–Crippen MR) is 64.2 cm³/mol. The van der Waals surface area contributed by atoms with E-state index in [1.165, 1.54) is 0 Å². The highest BCUT2D eigenvalue weighted by atomic mass is 19.2. The third kappa shape index (κ3) is 2.55. The van der Waals surface area contributed by atoms with Crippen molar-refractivity contribution in [2.75, 3.05) is 0 Å². The van der Waals surface area contributed by atoms with E-state index in [2.05, 4.69) is 4.98 Å². The predicted octanol–water partition coefficient (Wildman–Crippen LogP) is 3.07. The van der Waals surface area contributed by atoms with Crippen molar-refractivity contribution in [3.8, 4) is 0 Å². The van der Waals surface area contributed by atoms with Crippen molar-refractivity contribution in [2.45, 2.75) is 32.7 Å². The van der Waals surface area contributed by atoms with Gasteiger partial charge in [0.2, 0.25) is 0 Å². The molecule has 96 valence electrons. The quantitative estimate of drug-likeness (QED) is 0.819. The van der Waals surface area contributed by atoms with Crippen LogP contribution in [0, 0.1) is 11.6 Å². The molecule has 0 aliphatic carbocycles. The summed E-state index contributed by atoms with van der Waals surface area (Å²) in [6.45, 7) is 2.40. The molecule has 0 atom stereocenters. The molecule has 0 aliphatic rings. The number of carbonyl (C=O) groups is 1. The van der Waals surface area contributed by atoms with E-state index in [0.717, 1.165) is 12.1 Å². The minimum atomic E-state index is -0.895. The molecule has 2 rings (SSSR count). The fourth-order valence-electron chi connectivity index (χ4n) is 1.85. The van der Waals surface area contributed by atoms with E-state index in [-0.39, 0.29) is 5.78 Å². The van der Waals surface area contributed by atoms with Crippen LogP contribution >= 0.6 is 0 Å². The first-order valence-electron chi connectivity index (χ1n) is 5.93. The Balaban J connectivity index is 2.14.